The van der Waals surface area contributed by atoms with Crippen molar-refractivity contribution in [3.63, 3.8) is 0 Å². The van der Waals surface area contributed by atoms with E-state index in [1.807, 2.05) is 25.1 Å². The molecule has 9 heteroatoms. The summed E-state index contributed by atoms with van der Waals surface area (Å²) >= 11 is 11.9. The van der Waals surface area contributed by atoms with Crippen molar-refractivity contribution >= 4 is 40.4 Å². The average Bonchev–Trinajstić information content (AvgIpc) is 3.02. The maximum atomic E-state index is 13.3. The summed E-state index contributed by atoms with van der Waals surface area (Å²) in [4.78, 5) is 12.7. The van der Waals surface area contributed by atoms with E-state index in [0.29, 0.717) is 22.1 Å². The van der Waals surface area contributed by atoms with Gasteiger partial charge in [0.1, 0.15) is 5.82 Å². The van der Waals surface area contributed by atoms with Crippen LogP contribution in [0.5, 0.6) is 0 Å². The van der Waals surface area contributed by atoms with Crippen LogP contribution in [0.3, 0.4) is 0 Å². The second-order valence-corrected chi connectivity index (χ2v) is 7.27. The number of fused-ring (bicyclic) bond motifs is 1. The number of carbonyl (C=O) groups is 1. The number of aryl methyl sites for hydroxylation is 2. The topological polar surface area (TPSA) is 72.2 Å². The van der Waals surface area contributed by atoms with Gasteiger partial charge >= 0.3 is 0 Å². The first-order chi connectivity index (χ1) is 13.8. The minimum atomic E-state index is -0.567. The molecule has 0 spiro atoms. The fourth-order valence-electron chi connectivity index (χ4n) is 3.07. The summed E-state index contributed by atoms with van der Waals surface area (Å²) in [6.07, 6.45) is 0. The van der Waals surface area contributed by atoms with E-state index in [9.17, 15) is 9.18 Å². The lowest BCUT2D eigenvalue weighted by molar-refractivity contribution is 0.102. The van der Waals surface area contributed by atoms with Crippen LogP contribution in [-0.2, 0) is 0 Å². The number of amides is 1. The third-order valence-corrected chi connectivity index (χ3v) is 4.97. The van der Waals surface area contributed by atoms with E-state index in [1.165, 1.54) is 18.2 Å². The number of aromatic nitrogens is 4. The van der Waals surface area contributed by atoms with E-state index in [-0.39, 0.29) is 10.7 Å². The molecule has 29 heavy (non-hydrogen) atoms. The molecule has 1 amide bonds. The molecule has 0 unspecified atom stereocenters. The number of hydrogen-bond donors (Lipinski definition) is 1. The molecule has 0 fully saturated rings. The molecule has 4 aromatic rings. The summed E-state index contributed by atoms with van der Waals surface area (Å²) in [6, 6.07) is 11.3. The highest BCUT2D eigenvalue weighted by atomic mass is 35.5. The van der Waals surface area contributed by atoms with Crippen LogP contribution < -0.4 is 5.32 Å². The molecule has 0 aliphatic rings. The Morgan fingerprint density at radius 2 is 1.90 bits per heavy atom. The Bertz CT molecular complexity index is 1270. The molecule has 0 atom stereocenters. The largest absolute Gasteiger partial charge is 0.320 e. The Kier molecular flexibility index (Phi) is 4.94. The van der Waals surface area contributed by atoms with Crippen molar-refractivity contribution in [1.29, 1.82) is 0 Å². The van der Waals surface area contributed by atoms with Crippen molar-refractivity contribution in [3.05, 3.63) is 75.4 Å². The highest BCUT2D eigenvalue weighted by Gasteiger charge is 2.20. The number of nitrogens with zero attached hydrogens (tertiary/aromatic N) is 4. The van der Waals surface area contributed by atoms with E-state index in [0.717, 1.165) is 16.8 Å². The number of carbonyl (C=O) groups excluding carboxylic acids is 1. The molecular formula is C20H14Cl2FN5O. The predicted molar refractivity (Wildman–Crippen MR) is 110 cm³/mol. The van der Waals surface area contributed by atoms with Crippen molar-refractivity contribution in [2.45, 2.75) is 13.8 Å². The number of nitrogens with one attached hydrogen (secondary N) is 1. The number of benzene rings is 2. The van der Waals surface area contributed by atoms with Gasteiger partial charge in [-0.2, -0.15) is 5.10 Å². The molecule has 146 valence electrons. The highest BCUT2D eigenvalue weighted by Crippen LogP contribution is 2.29. The Morgan fingerprint density at radius 3 is 2.62 bits per heavy atom. The fraction of sp³-hybridized carbons (Fsp3) is 0.100. The van der Waals surface area contributed by atoms with Gasteiger partial charge in [-0.1, -0.05) is 35.3 Å². The SMILES string of the molecule is Cc1nn2c(C)c(C(=O)Nc3ccc(F)c(Cl)c3)nnc2c1-c1cccc(Cl)c1. The van der Waals surface area contributed by atoms with Crippen molar-refractivity contribution < 1.29 is 9.18 Å². The molecule has 2 aromatic carbocycles. The molecule has 1 N–H and O–H groups in total. The summed E-state index contributed by atoms with van der Waals surface area (Å²) < 4.78 is 14.9. The first-order valence-electron chi connectivity index (χ1n) is 8.60. The lowest BCUT2D eigenvalue weighted by Crippen LogP contribution is -2.18. The summed E-state index contributed by atoms with van der Waals surface area (Å²) in [5.74, 6) is -1.07. The fourth-order valence-corrected chi connectivity index (χ4v) is 3.44. The number of halogens is 3. The van der Waals surface area contributed by atoms with Crippen molar-refractivity contribution in [1.82, 2.24) is 19.8 Å². The number of rotatable bonds is 3. The molecule has 2 heterocycles. The van der Waals surface area contributed by atoms with Gasteiger partial charge in [0.15, 0.2) is 11.3 Å². The smallest absolute Gasteiger partial charge is 0.278 e. The summed E-state index contributed by atoms with van der Waals surface area (Å²) in [6.45, 7) is 3.58. The zero-order valence-electron chi connectivity index (χ0n) is 15.4. The van der Waals surface area contributed by atoms with Crippen LogP contribution in [0.15, 0.2) is 42.5 Å². The summed E-state index contributed by atoms with van der Waals surface area (Å²) in [7, 11) is 0. The maximum Gasteiger partial charge on any atom is 0.278 e. The van der Waals surface area contributed by atoms with Crippen LogP contribution in [0.4, 0.5) is 10.1 Å². The van der Waals surface area contributed by atoms with Crippen LogP contribution in [0.2, 0.25) is 10.0 Å². The van der Waals surface area contributed by atoms with Gasteiger partial charge in [0, 0.05) is 10.7 Å². The van der Waals surface area contributed by atoms with E-state index < -0.39 is 11.7 Å². The van der Waals surface area contributed by atoms with Gasteiger partial charge in [0.2, 0.25) is 0 Å². The lowest BCUT2D eigenvalue weighted by Gasteiger charge is -2.08. The Labute approximate surface area is 175 Å². The van der Waals surface area contributed by atoms with Gasteiger partial charge in [0.05, 0.1) is 22.0 Å². The Balaban J connectivity index is 1.75. The van der Waals surface area contributed by atoms with Gasteiger partial charge in [-0.05, 0) is 49.7 Å². The van der Waals surface area contributed by atoms with Gasteiger partial charge in [0.25, 0.3) is 5.91 Å². The van der Waals surface area contributed by atoms with Crippen LogP contribution in [0, 0.1) is 19.7 Å². The highest BCUT2D eigenvalue weighted by molar-refractivity contribution is 6.31. The van der Waals surface area contributed by atoms with E-state index in [2.05, 4.69) is 20.6 Å². The third-order valence-electron chi connectivity index (χ3n) is 4.45. The molecule has 0 aliphatic carbocycles. The zero-order valence-corrected chi connectivity index (χ0v) is 16.9. The maximum absolute atomic E-state index is 13.3. The molecule has 0 saturated carbocycles. The van der Waals surface area contributed by atoms with Gasteiger partial charge in [-0.3, -0.25) is 4.79 Å². The van der Waals surface area contributed by atoms with Crippen LogP contribution in [-0.4, -0.2) is 25.7 Å². The Morgan fingerprint density at radius 1 is 1.10 bits per heavy atom. The van der Waals surface area contributed by atoms with Crippen LogP contribution >= 0.6 is 23.2 Å². The van der Waals surface area contributed by atoms with Gasteiger partial charge < -0.3 is 5.32 Å². The van der Waals surface area contributed by atoms with Gasteiger partial charge in [-0.25, -0.2) is 8.91 Å². The molecule has 0 aliphatic heterocycles. The van der Waals surface area contributed by atoms with Crippen LogP contribution in [0.1, 0.15) is 21.9 Å². The molecule has 2 aromatic heterocycles. The van der Waals surface area contributed by atoms with E-state index >= 15 is 0 Å². The third kappa shape index (κ3) is 3.54. The predicted octanol–water partition coefficient (Wildman–Crippen LogP) is 5.11. The molecule has 6 nitrogen and oxygen atoms in total. The summed E-state index contributed by atoms with van der Waals surface area (Å²) in [5.41, 5.74) is 3.85. The number of hydrogen-bond acceptors (Lipinski definition) is 4. The molecule has 4 rings (SSSR count). The first kappa shape index (κ1) is 19.3. The van der Waals surface area contributed by atoms with Crippen LogP contribution in [0.25, 0.3) is 16.8 Å². The number of anilines is 1. The lowest BCUT2D eigenvalue weighted by atomic mass is 10.1. The van der Waals surface area contributed by atoms with Crippen molar-refractivity contribution in [2.75, 3.05) is 5.32 Å². The minimum Gasteiger partial charge on any atom is -0.320 e. The molecule has 0 bridgehead atoms. The quantitative estimate of drug-likeness (QED) is 0.491. The van der Waals surface area contributed by atoms with Gasteiger partial charge in [-0.15, -0.1) is 10.2 Å². The monoisotopic (exact) mass is 429 g/mol. The van der Waals surface area contributed by atoms with Crippen molar-refractivity contribution in [2.24, 2.45) is 0 Å². The average molecular weight is 430 g/mol. The zero-order chi connectivity index (χ0) is 20.7. The molecular weight excluding hydrogens is 416 g/mol. The normalized spacial score (nSPS) is 11.1. The Hall–Kier alpha value is -3.03. The second kappa shape index (κ2) is 7.42. The minimum absolute atomic E-state index is 0.0880. The summed E-state index contributed by atoms with van der Waals surface area (Å²) in [5, 5.41) is 16.0. The second-order valence-electron chi connectivity index (χ2n) is 6.42. The molecule has 0 saturated heterocycles. The first-order valence-corrected chi connectivity index (χ1v) is 9.35. The molecule has 0 radical (unpaired) electrons. The standard InChI is InChI=1S/C20H14Cl2FN5O/c1-10-17(12-4-3-5-13(21)8-12)19-26-25-18(11(2)28(19)27-10)20(29)24-14-6-7-16(23)15(22)9-14/h3-9H,1-2H3,(H,24,29). The van der Waals surface area contributed by atoms with E-state index in [4.69, 9.17) is 23.2 Å². The van der Waals surface area contributed by atoms with Crippen molar-refractivity contribution in [3.8, 4) is 11.1 Å². The van der Waals surface area contributed by atoms with E-state index in [1.54, 1.807) is 17.5 Å².